The minimum Gasteiger partial charge on any atom is -0.356 e. The number of hydrogen-bond donors (Lipinski definition) is 2. The van der Waals surface area contributed by atoms with Gasteiger partial charge >= 0.3 is 0 Å². The molecule has 1 fully saturated rings. The summed E-state index contributed by atoms with van der Waals surface area (Å²) in [6, 6.07) is 1.29. The Morgan fingerprint density at radius 3 is 2.63 bits per heavy atom. The Morgan fingerprint density at radius 2 is 2.11 bits per heavy atom. The first-order valence-corrected chi connectivity index (χ1v) is 7.84. The van der Waals surface area contributed by atoms with Crippen molar-refractivity contribution in [3.63, 3.8) is 0 Å². The van der Waals surface area contributed by atoms with Crippen LogP contribution in [0, 0.1) is 11.8 Å². The SMILES string of the molecule is CC1CCN(C(=O)c2cc(S(N)(=O)=O)c[nH]2)CC1C. The van der Waals surface area contributed by atoms with Crippen LogP contribution in [0.25, 0.3) is 0 Å². The first-order valence-electron chi connectivity index (χ1n) is 6.29. The minimum atomic E-state index is -3.77. The maximum Gasteiger partial charge on any atom is 0.270 e. The molecule has 1 aliphatic heterocycles. The van der Waals surface area contributed by atoms with Crippen molar-refractivity contribution in [2.75, 3.05) is 13.1 Å². The highest BCUT2D eigenvalue weighted by molar-refractivity contribution is 7.89. The zero-order valence-corrected chi connectivity index (χ0v) is 11.9. The Balaban J connectivity index is 2.14. The molecule has 1 aromatic heterocycles. The van der Waals surface area contributed by atoms with Gasteiger partial charge in [-0.1, -0.05) is 13.8 Å². The fraction of sp³-hybridized carbons (Fsp3) is 0.583. The second-order valence-electron chi connectivity index (χ2n) is 5.29. The van der Waals surface area contributed by atoms with Crippen LogP contribution in [-0.4, -0.2) is 37.3 Å². The zero-order valence-electron chi connectivity index (χ0n) is 11.1. The Bertz CT molecular complexity index is 579. The summed E-state index contributed by atoms with van der Waals surface area (Å²) in [5.41, 5.74) is 0.269. The number of piperidine rings is 1. The summed E-state index contributed by atoms with van der Waals surface area (Å²) >= 11 is 0. The van der Waals surface area contributed by atoms with Gasteiger partial charge in [0.15, 0.2) is 0 Å². The third-order valence-corrected chi connectivity index (χ3v) is 4.73. The number of rotatable bonds is 2. The highest BCUT2D eigenvalue weighted by atomic mass is 32.2. The number of sulfonamides is 1. The summed E-state index contributed by atoms with van der Waals surface area (Å²) in [5, 5.41) is 5.02. The van der Waals surface area contributed by atoms with E-state index in [-0.39, 0.29) is 16.5 Å². The molecule has 1 amide bonds. The van der Waals surface area contributed by atoms with E-state index in [0.29, 0.717) is 24.9 Å². The zero-order chi connectivity index (χ0) is 14.2. The van der Waals surface area contributed by atoms with Crippen molar-refractivity contribution in [3.8, 4) is 0 Å². The molecule has 6 nitrogen and oxygen atoms in total. The van der Waals surface area contributed by atoms with Crippen molar-refractivity contribution < 1.29 is 13.2 Å². The van der Waals surface area contributed by atoms with Crippen LogP contribution in [-0.2, 0) is 10.0 Å². The molecule has 2 unspecified atom stereocenters. The fourth-order valence-corrected chi connectivity index (χ4v) is 2.79. The van der Waals surface area contributed by atoms with Gasteiger partial charge in [-0.05, 0) is 24.3 Å². The predicted molar refractivity (Wildman–Crippen MR) is 71.0 cm³/mol. The molecule has 1 aliphatic rings. The summed E-state index contributed by atoms with van der Waals surface area (Å²) in [6.07, 6.45) is 2.22. The number of nitrogens with two attached hydrogens (primary N) is 1. The molecular formula is C12H19N3O3S. The van der Waals surface area contributed by atoms with Gasteiger partial charge in [0.25, 0.3) is 5.91 Å². The van der Waals surface area contributed by atoms with Crippen LogP contribution in [0.5, 0.6) is 0 Å². The van der Waals surface area contributed by atoms with Gasteiger partial charge in [0.05, 0.1) is 4.90 Å². The number of nitrogens with zero attached hydrogens (tertiary/aromatic N) is 1. The lowest BCUT2D eigenvalue weighted by Gasteiger charge is -2.35. The molecular weight excluding hydrogens is 266 g/mol. The van der Waals surface area contributed by atoms with Gasteiger partial charge in [-0.25, -0.2) is 13.6 Å². The number of carbonyl (C=O) groups excluding carboxylic acids is 1. The number of amides is 1. The molecule has 1 saturated heterocycles. The van der Waals surface area contributed by atoms with Gasteiger partial charge in [0, 0.05) is 19.3 Å². The molecule has 0 aromatic carbocycles. The smallest absolute Gasteiger partial charge is 0.270 e. The molecule has 0 spiro atoms. The topological polar surface area (TPSA) is 96.3 Å². The molecule has 0 saturated carbocycles. The first-order chi connectivity index (χ1) is 8.79. The number of aromatic amines is 1. The Morgan fingerprint density at radius 1 is 1.42 bits per heavy atom. The third kappa shape index (κ3) is 2.98. The van der Waals surface area contributed by atoms with Crippen molar-refractivity contribution in [3.05, 3.63) is 18.0 Å². The minimum absolute atomic E-state index is 0.0609. The molecule has 19 heavy (non-hydrogen) atoms. The van der Waals surface area contributed by atoms with E-state index in [0.717, 1.165) is 6.42 Å². The third-order valence-electron chi connectivity index (χ3n) is 3.84. The molecule has 7 heteroatoms. The second kappa shape index (κ2) is 4.97. The maximum absolute atomic E-state index is 12.3. The van der Waals surface area contributed by atoms with E-state index in [1.54, 1.807) is 4.90 Å². The number of H-pyrrole nitrogens is 1. The monoisotopic (exact) mass is 285 g/mol. The van der Waals surface area contributed by atoms with Gasteiger partial charge in [0.1, 0.15) is 5.69 Å². The molecule has 2 rings (SSSR count). The molecule has 3 N–H and O–H groups in total. The maximum atomic E-state index is 12.3. The molecule has 0 aliphatic carbocycles. The van der Waals surface area contributed by atoms with Crippen LogP contribution in [0.1, 0.15) is 30.8 Å². The standard InChI is InChI=1S/C12H19N3O3S/c1-8-3-4-15(7-9(8)2)12(16)11-5-10(6-14-11)19(13,17)18/h5-6,8-9,14H,3-4,7H2,1-2H3,(H2,13,17,18). The summed E-state index contributed by atoms with van der Waals surface area (Å²) in [6.45, 7) is 5.70. The molecule has 0 bridgehead atoms. The lowest BCUT2D eigenvalue weighted by Crippen LogP contribution is -2.42. The largest absolute Gasteiger partial charge is 0.356 e. The first kappa shape index (κ1) is 14.1. The quantitative estimate of drug-likeness (QED) is 0.840. The van der Waals surface area contributed by atoms with Crippen molar-refractivity contribution in [1.29, 1.82) is 0 Å². The molecule has 0 radical (unpaired) electrons. The summed E-state index contributed by atoms with van der Waals surface area (Å²) in [4.78, 5) is 16.6. The van der Waals surface area contributed by atoms with Crippen molar-refractivity contribution >= 4 is 15.9 Å². The van der Waals surface area contributed by atoms with E-state index < -0.39 is 10.0 Å². The van der Waals surface area contributed by atoms with Crippen molar-refractivity contribution in [2.45, 2.75) is 25.2 Å². The number of hydrogen-bond acceptors (Lipinski definition) is 3. The lowest BCUT2D eigenvalue weighted by atomic mass is 9.88. The van der Waals surface area contributed by atoms with Gasteiger partial charge in [0.2, 0.25) is 10.0 Å². The average molecular weight is 285 g/mol. The van der Waals surface area contributed by atoms with Crippen LogP contribution >= 0.6 is 0 Å². The van der Waals surface area contributed by atoms with E-state index in [2.05, 4.69) is 18.8 Å². The highest BCUT2D eigenvalue weighted by Crippen LogP contribution is 2.23. The van der Waals surface area contributed by atoms with Gasteiger partial charge in [-0.15, -0.1) is 0 Å². The average Bonchev–Trinajstić information content (AvgIpc) is 2.81. The van der Waals surface area contributed by atoms with Crippen molar-refractivity contribution in [2.24, 2.45) is 17.0 Å². The van der Waals surface area contributed by atoms with Gasteiger partial charge in [-0.2, -0.15) is 0 Å². The van der Waals surface area contributed by atoms with E-state index in [9.17, 15) is 13.2 Å². The summed E-state index contributed by atoms with van der Waals surface area (Å²) < 4.78 is 22.3. The number of carbonyl (C=O) groups is 1. The predicted octanol–water partition coefficient (Wildman–Crippen LogP) is 0.780. The Hall–Kier alpha value is -1.34. The van der Waals surface area contributed by atoms with E-state index in [1.165, 1.54) is 12.3 Å². The number of likely N-dealkylation sites (tertiary alicyclic amines) is 1. The van der Waals surface area contributed by atoms with Gasteiger partial charge < -0.3 is 9.88 Å². The van der Waals surface area contributed by atoms with Crippen LogP contribution in [0.3, 0.4) is 0 Å². The number of nitrogens with one attached hydrogen (secondary N) is 1. The second-order valence-corrected chi connectivity index (χ2v) is 6.85. The Labute approximate surface area is 113 Å². The van der Waals surface area contributed by atoms with Crippen LogP contribution < -0.4 is 5.14 Å². The fourth-order valence-electron chi connectivity index (χ4n) is 2.28. The number of primary sulfonamides is 1. The van der Waals surface area contributed by atoms with Crippen LogP contribution in [0.15, 0.2) is 17.2 Å². The Kier molecular flexibility index (Phi) is 3.69. The highest BCUT2D eigenvalue weighted by Gasteiger charge is 2.27. The molecule has 106 valence electrons. The van der Waals surface area contributed by atoms with E-state index in [1.807, 2.05) is 0 Å². The summed E-state index contributed by atoms with van der Waals surface area (Å²) in [5.74, 6) is 0.881. The summed E-state index contributed by atoms with van der Waals surface area (Å²) in [7, 11) is -3.77. The van der Waals surface area contributed by atoms with Crippen LogP contribution in [0.2, 0.25) is 0 Å². The van der Waals surface area contributed by atoms with Crippen LogP contribution in [0.4, 0.5) is 0 Å². The van der Waals surface area contributed by atoms with Crippen molar-refractivity contribution in [1.82, 2.24) is 9.88 Å². The molecule has 2 atom stereocenters. The van der Waals surface area contributed by atoms with E-state index in [4.69, 9.17) is 5.14 Å². The van der Waals surface area contributed by atoms with E-state index >= 15 is 0 Å². The molecule has 2 heterocycles. The van der Waals surface area contributed by atoms with Gasteiger partial charge in [-0.3, -0.25) is 4.79 Å². The lowest BCUT2D eigenvalue weighted by molar-refractivity contribution is 0.0622. The number of aromatic nitrogens is 1. The normalized spacial score (nSPS) is 24.5. The molecule has 1 aromatic rings.